The number of ketones is 1. The molecule has 1 aromatic carbocycles. The molecule has 17 heavy (non-hydrogen) atoms. The predicted octanol–water partition coefficient (Wildman–Crippen LogP) is 2.39. The van der Waals surface area contributed by atoms with E-state index in [9.17, 15) is 9.18 Å². The van der Waals surface area contributed by atoms with Crippen LogP contribution in [0.3, 0.4) is 0 Å². The van der Waals surface area contributed by atoms with Gasteiger partial charge in [-0.15, -0.1) is 0 Å². The van der Waals surface area contributed by atoms with Gasteiger partial charge in [-0.05, 0) is 31.2 Å². The fourth-order valence-corrected chi connectivity index (χ4v) is 1.67. The van der Waals surface area contributed by atoms with Crippen LogP contribution < -0.4 is 10.5 Å². The van der Waals surface area contributed by atoms with E-state index in [-0.39, 0.29) is 11.5 Å². The maximum Gasteiger partial charge on any atom is 0.168 e. The van der Waals surface area contributed by atoms with Crippen LogP contribution in [0.4, 0.5) is 4.39 Å². The molecule has 0 saturated carbocycles. The second kappa shape index (κ2) is 5.27. The van der Waals surface area contributed by atoms with Crippen molar-refractivity contribution in [1.29, 1.82) is 0 Å². The largest absolute Gasteiger partial charge is 0.494 e. The van der Waals surface area contributed by atoms with Crippen LogP contribution in [0.5, 0.6) is 5.75 Å². The maximum atomic E-state index is 13.5. The molecule has 1 aromatic rings. The second-order valence-electron chi connectivity index (χ2n) is 4.60. The molecule has 0 saturated heterocycles. The number of hydrogen-bond donors (Lipinski definition) is 1. The van der Waals surface area contributed by atoms with E-state index >= 15 is 0 Å². The van der Waals surface area contributed by atoms with E-state index in [0.717, 1.165) is 0 Å². The lowest BCUT2D eigenvalue weighted by atomic mass is 9.81. The molecule has 0 amide bonds. The highest BCUT2D eigenvalue weighted by Crippen LogP contribution is 2.27. The van der Waals surface area contributed by atoms with Crippen molar-refractivity contribution in [2.24, 2.45) is 11.1 Å². The molecular formula is C13H18FNO2. The first-order valence-electron chi connectivity index (χ1n) is 5.51. The van der Waals surface area contributed by atoms with Gasteiger partial charge in [0.2, 0.25) is 0 Å². The average Bonchev–Trinajstić information content (AvgIpc) is 2.27. The number of rotatable bonds is 5. The third-order valence-corrected chi connectivity index (χ3v) is 2.80. The van der Waals surface area contributed by atoms with Crippen molar-refractivity contribution in [3.8, 4) is 5.75 Å². The summed E-state index contributed by atoms with van der Waals surface area (Å²) in [6, 6.07) is 4.24. The van der Waals surface area contributed by atoms with E-state index in [4.69, 9.17) is 10.5 Å². The summed E-state index contributed by atoms with van der Waals surface area (Å²) in [6.07, 6.45) is 0.569. The van der Waals surface area contributed by atoms with E-state index in [1.807, 2.05) is 13.8 Å². The molecule has 0 aliphatic carbocycles. The summed E-state index contributed by atoms with van der Waals surface area (Å²) in [4.78, 5) is 12.1. The minimum atomic E-state index is -0.574. The highest BCUT2D eigenvalue weighted by Gasteiger charge is 2.28. The number of hydrogen-bond acceptors (Lipinski definition) is 3. The molecule has 0 aliphatic rings. The molecular weight excluding hydrogens is 221 g/mol. The molecule has 0 unspecified atom stereocenters. The number of nitrogens with two attached hydrogens (primary N) is 1. The minimum absolute atomic E-state index is 0.107. The van der Waals surface area contributed by atoms with Crippen LogP contribution in [0.2, 0.25) is 0 Å². The number of ether oxygens (including phenoxy) is 1. The van der Waals surface area contributed by atoms with Gasteiger partial charge in [-0.1, -0.05) is 13.8 Å². The van der Waals surface area contributed by atoms with Crippen molar-refractivity contribution < 1.29 is 13.9 Å². The lowest BCUT2D eigenvalue weighted by Gasteiger charge is -2.22. The van der Waals surface area contributed by atoms with Crippen LogP contribution in [0, 0.1) is 11.2 Å². The Kier molecular flexibility index (Phi) is 4.23. The average molecular weight is 239 g/mol. The first-order valence-corrected chi connectivity index (χ1v) is 5.51. The van der Waals surface area contributed by atoms with Crippen molar-refractivity contribution in [2.45, 2.75) is 20.3 Å². The lowest BCUT2D eigenvalue weighted by molar-refractivity contribution is 0.0829. The second-order valence-corrected chi connectivity index (χ2v) is 4.60. The van der Waals surface area contributed by atoms with Gasteiger partial charge >= 0.3 is 0 Å². The number of carbonyl (C=O) groups is 1. The van der Waals surface area contributed by atoms with Crippen LogP contribution in [-0.2, 0) is 0 Å². The SMILES string of the molecule is COc1ccc(C(=O)C(C)(C)CCN)cc1F. The highest BCUT2D eigenvalue weighted by atomic mass is 19.1. The third kappa shape index (κ3) is 3.03. The molecule has 0 atom stereocenters. The molecule has 0 spiro atoms. The fraction of sp³-hybridized carbons (Fsp3) is 0.462. The van der Waals surface area contributed by atoms with Gasteiger partial charge in [0.15, 0.2) is 17.3 Å². The molecule has 0 bridgehead atoms. The standard InChI is InChI=1S/C13H18FNO2/c1-13(2,6-7-15)12(16)9-4-5-11(17-3)10(14)8-9/h4-5,8H,6-7,15H2,1-3H3. The molecule has 2 N–H and O–H groups in total. The van der Waals surface area contributed by atoms with E-state index in [2.05, 4.69) is 0 Å². The van der Waals surface area contributed by atoms with E-state index in [0.29, 0.717) is 18.5 Å². The quantitative estimate of drug-likeness (QED) is 0.803. The van der Waals surface area contributed by atoms with Crippen molar-refractivity contribution in [3.05, 3.63) is 29.6 Å². The maximum absolute atomic E-state index is 13.5. The van der Waals surface area contributed by atoms with Crippen LogP contribution in [0.25, 0.3) is 0 Å². The van der Waals surface area contributed by atoms with Crippen molar-refractivity contribution >= 4 is 5.78 Å². The molecule has 4 heteroatoms. The third-order valence-electron chi connectivity index (χ3n) is 2.80. The van der Waals surface area contributed by atoms with Crippen molar-refractivity contribution in [1.82, 2.24) is 0 Å². The van der Waals surface area contributed by atoms with Crippen molar-refractivity contribution in [3.63, 3.8) is 0 Å². The van der Waals surface area contributed by atoms with Gasteiger partial charge in [0.1, 0.15) is 0 Å². The van der Waals surface area contributed by atoms with E-state index < -0.39 is 11.2 Å². The summed E-state index contributed by atoms with van der Waals surface area (Å²) in [6.45, 7) is 4.05. The molecule has 94 valence electrons. The topological polar surface area (TPSA) is 52.3 Å². The molecule has 0 aliphatic heterocycles. The molecule has 3 nitrogen and oxygen atoms in total. The molecule has 0 fully saturated rings. The van der Waals surface area contributed by atoms with Gasteiger partial charge in [0, 0.05) is 11.0 Å². The smallest absolute Gasteiger partial charge is 0.168 e. The normalized spacial score (nSPS) is 11.4. The van der Waals surface area contributed by atoms with Gasteiger partial charge in [-0.25, -0.2) is 4.39 Å². The summed E-state index contributed by atoms with van der Waals surface area (Å²) in [5, 5.41) is 0. The van der Waals surface area contributed by atoms with E-state index in [1.165, 1.54) is 19.2 Å². The number of methoxy groups -OCH3 is 1. The van der Waals surface area contributed by atoms with Gasteiger partial charge in [0.05, 0.1) is 7.11 Å². The Balaban J connectivity index is 3.01. The first kappa shape index (κ1) is 13.6. The molecule has 1 rings (SSSR count). The molecule has 0 heterocycles. The Morgan fingerprint density at radius 3 is 2.59 bits per heavy atom. The fourth-order valence-electron chi connectivity index (χ4n) is 1.67. The lowest BCUT2D eigenvalue weighted by Crippen LogP contribution is -2.27. The zero-order valence-electron chi connectivity index (χ0n) is 10.4. The van der Waals surface area contributed by atoms with Gasteiger partial charge in [-0.3, -0.25) is 4.79 Å². The first-order chi connectivity index (χ1) is 7.92. The highest BCUT2D eigenvalue weighted by molar-refractivity contribution is 6.00. The molecule has 0 radical (unpaired) electrons. The number of carbonyl (C=O) groups excluding carboxylic acids is 1. The Labute approximate surface area is 101 Å². The monoisotopic (exact) mass is 239 g/mol. The van der Waals surface area contributed by atoms with Gasteiger partial charge < -0.3 is 10.5 Å². The Bertz CT molecular complexity index is 416. The van der Waals surface area contributed by atoms with Crippen LogP contribution in [0.1, 0.15) is 30.6 Å². The zero-order chi connectivity index (χ0) is 13.1. The van der Waals surface area contributed by atoms with Crippen molar-refractivity contribution in [2.75, 3.05) is 13.7 Å². The number of Topliss-reactive ketones (excluding diaryl/α,β-unsaturated/α-hetero) is 1. The van der Waals surface area contributed by atoms with Crippen LogP contribution >= 0.6 is 0 Å². The molecule has 0 aromatic heterocycles. The summed E-state index contributed by atoms with van der Waals surface area (Å²) in [5.74, 6) is -0.496. The number of benzene rings is 1. The summed E-state index contributed by atoms with van der Waals surface area (Å²) >= 11 is 0. The van der Waals surface area contributed by atoms with Gasteiger partial charge in [0.25, 0.3) is 0 Å². The zero-order valence-corrected chi connectivity index (χ0v) is 10.4. The summed E-state index contributed by atoms with van der Waals surface area (Å²) in [7, 11) is 1.39. The Morgan fingerprint density at radius 1 is 1.47 bits per heavy atom. The van der Waals surface area contributed by atoms with Gasteiger partial charge in [-0.2, -0.15) is 0 Å². The number of halogens is 1. The van der Waals surface area contributed by atoms with E-state index in [1.54, 1.807) is 6.07 Å². The Morgan fingerprint density at radius 2 is 2.12 bits per heavy atom. The minimum Gasteiger partial charge on any atom is -0.494 e. The van der Waals surface area contributed by atoms with Crippen LogP contribution in [0.15, 0.2) is 18.2 Å². The Hall–Kier alpha value is -1.42. The summed E-state index contributed by atoms with van der Waals surface area (Å²) in [5.41, 5.74) is 5.23. The predicted molar refractivity (Wildman–Crippen MR) is 64.7 cm³/mol. The van der Waals surface area contributed by atoms with Crippen LogP contribution in [-0.4, -0.2) is 19.4 Å². The summed E-state index contributed by atoms with van der Waals surface area (Å²) < 4.78 is 18.3.